The van der Waals surface area contributed by atoms with E-state index < -0.39 is 11.5 Å². The van der Waals surface area contributed by atoms with Crippen molar-refractivity contribution in [1.82, 2.24) is 9.97 Å². The summed E-state index contributed by atoms with van der Waals surface area (Å²) in [6.07, 6.45) is 4.13. The minimum absolute atomic E-state index is 0.165. The van der Waals surface area contributed by atoms with Crippen molar-refractivity contribution in [2.24, 2.45) is 5.73 Å². The average molecular weight is 301 g/mol. The molecule has 0 unspecified atom stereocenters. The van der Waals surface area contributed by atoms with Crippen LogP contribution < -0.4 is 10.6 Å². The molecule has 1 aliphatic heterocycles. The number of anilines is 1. The van der Waals surface area contributed by atoms with Crippen molar-refractivity contribution in [2.75, 3.05) is 18.0 Å². The normalized spacial score (nSPS) is 24.7. The van der Waals surface area contributed by atoms with Crippen molar-refractivity contribution in [1.29, 1.82) is 0 Å². The minimum Gasteiger partial charge on any atom is -0.378 e. The number of primary amides is 1. The molecule has 1 atom stereocenters. The zero-order valence-corrected chi connectivity index (χ0v) is 10.7. The third-order valence-corrected chi connectivity index (χ3v) is 3.44. The van der Waals surface area contributed by atoms with E-state index in [9.17, 15) is 9.90 Å². The zero-order chi connectivity index (χ0) is 12.5. The average Bonchev–Trinajstić information content (AvgIpc) is 2.29. The van der Waals surface area contributed by atoms with E-state index >= 15 is 0 Å². The summed E-state index contributed by atoms with van der Waals surface area (Å²) in [6.45, 7) is 0.892. The van der Waals surface area contributed by atoms with Gasteiger partial charge in [0, 0.05) is 12.7 Å². The maximum atomic E-state index is 11.2. The van der Waals surface area contributed by atoms with Gasteiger partial charge >= 0.3 is 0 Å². The number of carbonyl (C=O) groups excluding carboxylic acids is 1. The molecule has 92 valence electrons. The molecule has 1 aromatic heterocycles. The maximum Gasteiger partial charge on any atom is 0.251 e. The second-order valence-electron chi connectivity index (χ2n) is 4.12. The molecule has 0 aromatic carbocycles. The predicted octanol–water partition coefficient (Wildman–Crippen LogP) is 0.0557. The van der Waals surface area contributed by atoms with E-state index in [0.717, 1.165) is 11.0 Å². The van der Waals surface area contributed by atoms with E-state index in [-0.39, 0.29) is 6.54 Å². The third-order valence-electron chi connectivity index (χ3n) is 2.88. The first-order valence-electron chi connectivity index (χ1n) is 5.26. The fourth-order valence-electron chi connectivity index (χ4n) is 1.96. The summed E-state index contributed by atoms with van der Waals surface area (Å²) in [7, 11) is 0. The molecule has 17 heavy (non-hydrogen) atoms. The van der Waals surface area contributed by atoms with E-state index in [0.29, 0.717) is 18.7 Å². The lowest BCUT2D eigenvalue weighted by Crippen LogP contribution is -2.56. The Kier molecular flexibility index (Phi) is 3.30. The molecule has 1 aliphatic rings. The Hall–Kier alpha value is -1.21. The number of piperidine rings is 1. The number of nitrogens with two attached hydrogens (primary N) is 1. The van der Waals surface area contributed by atoms with Crippen LogP contribution in [0, 0.1) is 0 Å². The van der Waals surface area contributed by atoms with Gasteiger partial charge in [-0.15, -0.1) is 0 Å². The van der Waals surface area contributed by atoms with Crippen LogP contribution in [0.25, 0.3) is 0 Å². The number of β-amino-alcohol motifs (C(OH)–C–C–N with tert-alkyl or cyclic N) is 1. The summed E-state index contributed by atoms with van der Waals surface area (Å²) < 4.78 is 0.730. The molecule has 0 spiro atoms. The first-order valence-corrected chi connectivity index (χ1v) is 6.05. The lowest BCUT2D eigenvalue weighted by Gasteiger charge is -2.37. The van der Waals surface area contributed by atoms with Crippen molar-refractivity contribution >= 4 is 27.7 Å². The van der Waals surface area contributed by atoms with Crippen LogP contribution in [0.1, 0.15) is 12.8 Å². The Balaban J connectivity index is 2.24. The van der Waals surface area contributed by atoms with Gasteiger partial charge in [0.05, 0.1) is 11.0 Å². The van der Waals surface area contributed by atoms with Crippen LogP contribution in [0.15, 0.2) is 17.0 Å². The number of halogens is 1. The minimum atomic E-state index is -1.47. The molecule has 0 bridgehead atoms. The van der Waals surface area contributed by atoms with Gasteiger partial charge in [-0.3, -0.25) is 4.79 Å². The number of amides is 1. The Morgan fingerprint density at radius 1 is 1.65 bits per heavy atom. The molecule has 2 rings (SSSR count). The lowest BCUT2D eigenvalue weighted by atomic mass is 9.92. The summed E-state index contributed by atoms with van der Waals surface area (Å²) >= 11 is 3.34. The number of nitrogens with zero attached hydrogens (tertiary/aromatic N) is 3. The highest BCUT2D eigenvalue weighted by Gasteiger charge is 2.39. The molecule has 0 radical (unpaired) electrons. The fourth-order valence-corrected chi connectivity index (χ4v) is 2.43. The van der Waals surface area contributed by atoms with Crippen LogP contribution in [0.5, 0.6) is 0 Å². The van der Waals surface area contributed by atoms with Crippen LogP contribution in [-0.4, -0.2) is 39.7 Å². The zero-order valence-electron chi connectivity index (χ0n) is 9.14. The molecular formula is C10H13BrN4O2. The second-order valence-corrected chi connectivity index (χ2v) is 4.97. The first kappa shape index (κ1) is 12.3. The van der Waals surface area contributed by atoms with Crippen LogP contribution in [-0.2, 0) is 4.79 Å². The fraction of sp³-hybridized carbons (Fsp3) is 0.500. The molecular weight excluding hydrogens is 288 g/mol. The van der Waals surface area contributed by atoms with Gasteiger partial charge in [0.1, 0.15) is 12.1 Å². The summed E-state index contributed by atoms with van der Waals surface area (Å²) in [5.74, 6) is -0.0215. The van der Waals surface area contributed by atoms with E-state index in [1.807, 2.05) is 4.90 Å². The molecule has 7 heteroatoms. The van der Waals surface area contributed by atoms with Crippen molar-refractivity contribution in [3.05, 3.63) is 17.0 Å². The van der Waals surface area contributed by atoms with E-state index in [4.69, 9.17) is 5.73 Å². The molecule has 6 nitrogen and oxygen atoms in total. The summed E-state index contributed by atoms with van der Waals surface area (Å²) in [5, 5.41) is 10.1. The largest absolute Gasteiger partial charge is 0.378 e. The number of hydrogen-bond acceptors (Lipinski definition) is 5. The van der Waals surface area contributed by atoms with Gasteiger partial charge in [0.25, 0.3) is 5.91 Å². The van der Waals surface area contributed by atoms with Gasteiger partial charge in [-0.05, 0) is 28.8 Å². The molecule has 1 saturated heterocycles. The quantitative estimate of drug-likeness (QED) is 0.805. The number of aliphatic hydroxyl groups is 1. The second kappa shape index (κ2) is 4.58. The molecule has 1 amide bonds. The van der Waals surface area contributed by atoms with Crippen molar-refractivity contribution in [3.63, 3.8) is 0 Å². The van der Waals surface area contributed by atoms with Crippen molar-refractivity contribution in [3.8, 4) is 0 Å². The Bertz CT molecular complexity index is 442. The molecule has 2 heterocycles. The highest BCUT2D eigenvalue weighted by Crippen LogP contribution is 2.28. The van der Waals surface area contributed by atoms with Gasteiger partial charge in [-0.2, -0.15) is 0 Å². The van der Waals surface area contributed by atoms with Crippen LogP contribution in [0.2, 0.25) is 0 Å². The van der Waals surface area contributed by atoms with Gasteiger partial charge in [0.2, 0.25) is 0 Å². The lowest BCUT2D eigenvalue weighted by molar-refractivity contribution is -0.137. The standard InChI is InChI=1S/C10H13BrN4O2/c11-7-4-13-6-14-8(7)15-3-1-2-10(17,5-15)9(12)16/h4,6,17H,1-3,5H2,(H2,12,16)/t10-/m0/s1. The molecule has 3 N–H and O–H groups in total. The van der Waals surface area contributed by atoms with Crippen LogP contribution in [0.3, 0.4) is 0 Å². The molecule has 1 fully saturated rings. The third kappa shape index (κ3) is 2.39. The van der Waals surface area contributed by atoms with Crippen molar-refractivity contribution in [2.45, 2.75) is 18.4 Å². The van der Waals surface area contributed by atoms with Gasteiger partial charge in [0.15, 0.2) is 5.60 Å². The SMILES string of the molecule is NC(=O)[C@]1(O)CCCN(c2ncncc2Br)C1. The van der Waals surface area contributed by atoms with Crippen LogP contribution in [0.4, 0.5) is 5.82 Å². The van der Waals surface area contributed by atoms with Crippen LogP contribution >= 0.6 is 15.9 Å². The first-order chi connectivity index (χ1) is 8.03. The number of aromatic nitrogens is 2. The smallest absolute Gasteiger partial charge is 0.251 e. The van der Waals surface area contributed by atoms with Gasteiger partial charge < -0.3 is 15.7 Å². The van der Waals surface area contributed by atoms with E-state index in [2.05, 4.69) is 25.9 Å². The molecule has 0 saturated carbocycles. The maximum absolute atomic E-state index is 11.2. The number of hydrogen-bond donors (Lipinski definition) is 2. The topological polar surface area (TPSA) is 92.3 Å². The Morgan fingerprint density at radius 2 is 2.41 bits per heavy atom. The summed E-state index contributed by atoms with van der Waals surface area (Å²) in [4.78, 5) is 21.1. The van der Waals surface area contributed by atoms with E-state index in [1.54, 1.807) is 6.20 Å². The summed E-state index contributed by atoms with van der Waals surface area (Å²) in [5.41, 5.74) is 3.75. The predicted molar refractivity (Wildman–Crippen MR) is 65.3 cm³/mol. The molecule has 0 aliphatic carbocycles. The van der Waals surface area contributed by atoms with Gasteiger partial charge in [-0.25, -0.2) is 9.97 Å². The van der Waals surface area contributed by atoms with Gasteiger partial charge in [-0.1, -0.05) is 0 Å². The monoisotopic (exact) mass is 300 g/mol. The number of carbonyl (C=O) groups is 1. The number of rotatable bonds is 2. The van der Waals surface area contributed by atoms with E-state index in [1.165, 1.54) is 6.33 Å². The highest BCUT2D eigenvalue weighted by molar-refractivity contribution is 9.10. The van der Waals surface area contributed by atoms with Crippen molar-refractivity contribution < 1.29 is 9.90 Å². The Labute approximate surface area is 107 Å². The molecule has 1 aromatic rings. The Morgan fingerprint density at radius 3 is 3.06 bits per heavy atom. The summed E-state index contributed by atoms with van der Waals surface area (Å²) in [6, 6.07) is 0. The highest BCUT2D eigenvalue weighted by atomic mass is 79.9.